The van der Waals surface area contributed by atoms with Crippen molar-refractivity contribution in [2.45, 2.75) is 37.2 Å². The minimum Gasteiger partial charge on any atom is -0.267 e. The van der Waals surface area contributed by atoms with Crippen molar-refractivity contribution in [1.29, 1.82) is 0 Å². The summed E-state index contributed by atoms with van der Waals surface area (Å²) in [5, 5.41) is 16.2. The summed E-state index contributed by atoms with van der Waals surface area (Å²) in [6.45, 7) is 6.17. The lowest BCUT2D eigenvalue weighted by atomic mass is 9.96. The van der Waals surface area contributed by atoms with Gasteiger partial charge < -0.3 is 0 Å². The highest BCUT2D eigenvalue weighted by atomic mass is 32.2. The van der Waals surface area contributed by atoms with Crippen LogP contribution in [-0.4, -0.2) is 30.2 Å². The average molecular weight is 316 g/mol. The summed E-state index contributed by atoms with van der Waals surface area (Å²) >= 11 is 1.34. The zero-order chi connectivity index (χ0) is 15.7. The molecule has 3 rings (SSSR count). The van der Waals surface area contributed by atoms with E-state index >= 15 is 0 Å². The fraction of sp³-hybridized carbons (Fsp3) is 0.357. The van der Waals surface area contributed by atoms with Crippen LogP contribution in [0.4, 0.5) is 0 Å². The number of nitrogens with one attached hydrogen (secondary N) is 1. The number of hydrogen-bond donors (Lipinski definition) is 1. The Kier molecular flexibility index (Phi) is 3.69. The Hall–Kier alpha value is -2.22. The number of thioether (sulfide) groups is 1. The largest absolute Gasteiger partial charge is 0.278 e. The van der Waals surface area contributed by atoms with Crippen LogP contribution in [0, 0.1) is 0 Å². The van der Waals surface area contributed by atoms with Crippen molar-refractivity contribution in [3.05, 3.63) is 40.4 Å². The number of aromatic amines is 1. The maximum Gasteiger partial charge on any atom is 0.278 e. The van der Waals surface area contributed by atoms with E-state index in [1.807, 2.05) is 12.1 Å². The van der Waals surface area contributed by atoms with E-state index in [0.29, 0.717) is 21.9 Å². The van der Waals surface area contributed by atoms with Gasteiger partial charge in [-0.1, -0.05) is 49.9 Å². The minimum absolute atomic E-state index is 0.0919. The molecule has 22 heavy (non-hydrogen) atoms. The van der Waals surface area contributed by atoms with Gasteiger partial charge in [-0.05, 0) is 12.1 Å². The summed E-state index contributed by atoms with van der Waals surface area (Å²) in [6.07, 6.45) is 0. The molecule has 3 aromatic rings. The Bertz CT molecular complexity index is 863. The molecule has 0 aliphatic rings. The van der Waals surface area contributed by atoms with Crippen LogP contribution >= 0.6 is 11.8 Å². The van der Waals surface area contributed by atoms with Gasteiger partial charge in [0.15, 0.2) is 0 Å². The summed E-state index contributed by atoms with van der Waals surface area (Å²) in [6, 6.07) is 7.16. The molecule has 0 amide bonds. The van der Waals surface area contributed by atoms with Crippen LogP contribution in [0.15, 0.2) is 34.2 Å². The molecule has 0 aliphatic carbocycles. The van der Waals surface area contributed by atoms with Crippen LogP contribution < -0.4 is 5.56 Å². The lowest BCUT2D eigenvalue weighted by Gasteiger charge is -2.12. The van der Waals surface area contributed by atoms with Crippen molar-refractivity contribution in [2.75, 3.05) is 0 Å². The third-order valence-electron chi connectivity index (χ3n) is 3.12. The highest BCUT2D eigenvalue weighted by Gasteiger charge is 2.18. The molecule has 2 heterocycles. The van der Waals surface area contributed by atoms with Gasteiger partial charge in [0, 0.05) is 5.41 Å². The third kappa shape index (κ3) is 2.87. The van der Waals surface area contributed by atoms with Gasteiger partial charge in [0.05, 0.1) is 11.3 Å². The normalized spacial score (nSPS) is 12.0. The van der Waals surface area contributed by atoms with E-state index in [4.69, 9.17) is 0 Å². The number of nitrogens with zero attached hydrogens (tertiary/aromatic N) is 5. The topological polar surface area (TPSA) is 89.3 Å². The van der Waals surface area contributed by atoms with Gasteiger partial charge in [0.1, 0.15) is 11.3 Å². The van der Waals surface area contributed by atoms with Gasteiger partial charge in [-0.25, -0.2) is 4.98 Å². The Morgan fingerprint density at radius 1 is 1.27 bits per heavy atom. The van der Waals surface area contributed by atoms with E-state index in [-0.39, 0.29) is 11.0 Å². The minimum atomic E-state index is -0.162. The third-order valence-corrected chi connectivity index (χ3v) is 3.93. The second-order valence-electron chi connectivity index (χ2n) is 5.90. The first-order valence-corrected chi connectivity index (χ1v) is 7.82. The van der Waals surface area contributed by atoms with Crippen LogP contribution in [0.1, 0.15) is 26.6 Å². The van der Waals surface area contributed by atoms with Crippen molar-refractivity contribution in [2.24, 2.45) is 0 Å². The number of fused-ring (bicyclic) bond motifs is 1. The van der Waals surface area contributed by atoms with Crippen molar-refractivity contribution in [3.63, 3.8) is 0 Å². The van der Waals surface area contributed by atoms with E-state index in [0.717, 1.165) is 5.82 Å². The fourth-order valence-corrected chi connectivity index (χ4v) is 2.55. The van der Waals surface area contributed by atoms with Crippen LogP contribution in [0.3, 0.4) is 0 Å². The Balaban J connectivity index is 1.81. The number of rotatable bonds is 3. The first-order valence-electron chi connectivity index (χ1n) is 6.83. The van der Waals surface area contributed by atoms with E-state index in [2.05, 4.69) is 46.3 Å². The predicted molar refractivity (Wildman–Crippen MR) is 84.7 cm³/mol. The van der Waals surface area contributed by atoms with Crippen LogP contribution in [0.2, 0.25) is 0 Å². The quantitative estimate of drug-likeness (QED) is 0.743. The average Bonchev–Trinajstić information content (AvgIpc) is 2.96. The molecular weight excluding hydrogens is 300 g/mol. The standard InChI is InChI=1S/C14H16N6OS/c1-14(2,3)12-15-13(18-17-12)22-8-20-11(21)9-6-4-5-7-10(9)16-19-20/h4-7H,8H2,1-3H3,(H,15,17,18). The molecule has 0 aliphatic heterocycles. The molecule has 0 saturated heterocycles. The second kappa shape index (κ2) is 5.53. The van der Waals surface area contributed by atoms with Gasteiger partial charge >= 0.3 is 0 Å². The number of hydrogen-bond acceptors (Lipinski definition) is 6. The monoisotopic (exact) mass is 316 g/mol. The summed E-state index contributed by atoms with van der Waals surface area (Å²) in [5.41, 5.74) is 0.345. The summed E-state index contributed by atoms with van der Waals surface area (Å²) in [7, 11) is 0. The molecule has 7 nitrogen and oxygen atoms in total. The molecule has 1 aromatic carbocycles. The Morgan fingerprint density at radius 3 is 2.77 bits per heavy atom. The molecule has 114 valence electrons. The molecule has 0 fully saturated rings. The van der Waals surface area contributed by atoms with Crippen LogP contribution in [0.5, 0.6) is 0 Å². The zero-order valence-electron chi connectivity index (χ0n) is 12.6. The molecule has 0 radical (unpaired) electrons. The lowest BCUT2D eigenvalue weighted by Crippen LogP contribution is -2.23. The van der Waals surface area contributed by atoms with Gasteiger partial charge in [-0.3, -0.25) is 9.89 Å². The molecule has 0 saturated carbocycles. The summed E-state index contributed by atoms with van der Waals surface area (Å²) in [5.74, 6) is 1.13. The van der Waals surface area contributed by atoms with E-state index in [1.165, 1.54) is 16.4 Å². The highest BCUT2D eigenvalue weighted by Crippen LogP contribution is 2.21. The molecule has 0 bridgehead atoms. The Labute approximate surface area is 131 Å². The van der Waals surface area contributed by atoms with Crippen molar-refractivity contribution >= 4 is 22.7 Å². The smallest absolute Gasteiger partial charge is 0.267 e. The van der Waals surface area contributed by atoms with Crippen molar-refractivity contribution in [1.82, 2.24) is 30.2 Å². The maximum absolute atomic E-state index is 12.3. The summed E-state index contributed by atoms with van der Waals surface area (Å²) < 4.78 is 1.32. The van der Waals surface area contributed by atoms with Gasteiger partial charge in [0.25, 0.3) is 5.56 Å². The summed E-state index contributed by atoms with van der Waals surface area (Å²) in [4.78, 5) is 16.7. The first kappa shape index (κ1) is 14.7. The first-order chi connectivity index (χ1) is 10.4. The number of benzene rings is 1. The second-order valence-corrected chi connectivity index (χ2v) is 6.81. The number of aromatic nitrogens is 6. The van der Waals surface area contributed by atoms with E-state index in [1.54, 1.807) is 12.1 Å². The highest BCUT2D eigenvalue weighted by molar-refractivity contribution is 7.98. The number of H-pyrrole nitrogens is 1. The molecule has 0 atom stereocenters. The predicted octanol–water partition coefficient (Wildman–Crippen LogP) is 1.96. The molecule has 0 unspecified atom stereocenters. The molecule has 0 spiro atoms. The van der Waals surface area contributed by atoms with Gasteiger partial charge in [-0.2, -0.15) is 4.68 Å². The molecule has 1 N–H and O–H groups in total. The van der Waals surface area contributed by atoms with E-state index < -0.39 is 0 Å². The lowest BCUT2D eigenvalue weighted by molar-refractivity contribution is 0.547. The fourth-order valence-electron chi connectivity index (χ4n) is 1.87. The SMILES string of the molecule is CC(C)(C)c1nc(SCn2nnc3ccccc3c2=O)n[nH]1. The van der Waals surface area contributed by atoms with Crippen LogP contribution in [-0.2, 0) is 11.3 Å². The van der Waals surface area contributed by atoms with Gasteiger partial charge in [0.2, 0.25) is 5.16 Å². The van der Waals surface area contributed by atoms with Crippen molar-refractivity contribution < 1.29 is 0 Å². The molecule has 2 aromatic heterocycles. The maximum atomic E-state index is 12.3. The van der Waals surface area contributed by atoms with E-state index in [9.17, 15) is 4.79 Å². The molecule has 8 heteroatoms. The Morgan fingerprint density at radius 2 is 2.05 bits per heavy atom. The zero-order valence-corrected chi connectivity index (χ0v) is 13.4. The van der Waals surface area contributed by atoms with Crippen molar-refractivity contribution in [3.8, 4) is 0 Å². The van der Waals surface area contributed by atoms with Crippen LogP contribution in [0.25, 0.3) is 10.9 Å². The molecular formula is C14H16N6OS. The van der Waals surface area contributed by atoms with Gasteiger partial charge in [-0.15, -0.1) is 10.2 Å².